The van der Waals surface area contributed by atoms with Gasteiger partial charge in [-0.05, 0) is 43.0 Å². The van der Waals surface area contributed by atoms with Crippen molar-refractivity contribution in [3.63, 3.8) is 0 Å². The van der Waals surface area contributed by atoms with E-state index in [-0.39, 0.29) is 0 Å². The Bertz CT molecular complexity index is 582. The van der Waals surface area contributed by atoms with Crippen molar-refractivity contribution in [1.82, 2.24) is 4.90 Å². The smallest absolute Gasteiger partial charge is 0.410 e. The molecule has 23 heavy (non-hydrogen) atoms. The molecule has 0 atom stereocenters. The molecular weight excluding hydrogens is 298 g/mol. The van der Waals surface area contributed by atoms with Gasteiger partial charge in [-0.1, -0.05) is 0 Å². The Morgan fingerprint density at radius 2 is 1.91 bits per heavy atom. The van der Waals surface area contributed by atoms with Gasteiger partial charge in [0, 0.05) is 19.5 Å². The maximum Gasteiger partial charge on any atom is 0.415 e. The highest BCUT2D eigenvalue weighted by Gasteiger charge is 2.23. The molecule has 1 aliphatic rings. The molecule has 0 aromatic heterocycles. The predicted molar refractivity (Wildman–Crippen MR) is 82.6 cm³/mol. The fourth-order valence-corrected chi connectivity index (χ4v) is 2.43. The van der Waals surface area contributed by atoms with Crippen molar-refractivity contribution in [2.45, 2.75) is 19.3 Å². The molecule has 1 fully saturated rings. The topological polar surface area (TPSA) is 65.1 Å². The van der Waals surface area contributed by atoms with Crippen LogP contribution in [0.1, 0.15) is 29.6 Å². The van der Waals surface area contributed by atoms with E-state index in [2.05, 4.69) is 15.7 Å². The van der Waals surface area contributed by atoms with Crippen molar-refractivity contribution < 1.29 is 24.1 Å². The molecule has 0 radical (unpaired) electrons. The summed E-state index contributed by atoms with van der Waals surface area (Å²) in [6.45, 7) is 1.28. The molecule has 6 heteroatoms. The number of piperidine rings is 1. The Hall–Kier alpha value is -2.52. The monoisotopic (exact) mass is 317 g/mol. The number of carbonyl (C=O) groups excluding carboxylic acids is 2. The lowest BCUT2D eigenvalue weighted by Crippen LogP contribution is -2.40. The van der Waals surface area contributed by atoms with Gasteiger partial charge >= 0.3 is 12.1 Å². The van der Waals surface area contributed by atoms with Crippen molar-refractivity contribution >= 4 is 12.1 Å². The zero-order valence-electron chi connectivity index (χ0n) is 13.0. The zero-order chi connectivity index (χ0) is 16.7. The number of hydrogen-bond acceptors (Lipinski definition) is 5. The van der Waals surface area contributed by atoms with Crippen LogP contribution in [-0.2, 0) is 9.78 Å². The number of rotatable bonds is 4. The van der Waals surface area contributed by atoms with E-state index in [0.29, 0.717) is 30.3 Å². The highest BCUT2D eigenvalue weighted by Crippen LogP contribution is 2.21. The van der Waals surface area contributed by atoms with Crippen LogP contribution in [0, 0.1) is 18.3 Å². The van der Waals surface area contributed by atoms with Crippen LogP contribution in [0.15, 0.2) is 24.3 Å². The molecule has 0 N–H and O–H groups in total. The summed E-state index contributed by atoms with van der Waals surface area (Å²) in [6.07, 6.45) is 7.45. The molecule has 122 valence electrons. The van der Waals surface area contributed by atoms with Gasteiger partial charge in [0.15, 0.2) is 0 Å². The van der Waals surface area contributed by atoms with Gasteiger partial charge in [-0.2, -0.15) is 4.89 Å². The third-order valence-electron chi connectivity index (χ3n) is 3.73. The van der Waals surface area contributed by atoms with Crippen LogP contribution in [0.5, 0.6) is 5.75 Å². The number of amides is 1. The molecule has 1 saturated heterocycles. The van der Waals surface area contributed by atoms with Crippen LogP contribution in [0.2, 0.25) is 0 Å². The lowest BCUT2D eigenvalue weighted by molar-refractivity contribution is -0.216. The Morgan fingerprint density at radius 3 is 2.48 bits per heavy atom. The van der Waals surface area contributed by atoms with Gasteiger partial charge in [-0.25, -0.2) is 9.59 Å². The summed E-state index contributed by atoms with van der Waals surface area (Å²) in [5.41, 5.74) is 0.307. The molecule has 0 spiro atoms. The third kappa shape index (κ3) is 4.73. The maximum absolute atomic E-state index is 12.1. The van der Waals surface area contributed by atoms with Crippen LogP contribution >= 0.6 is 0 Å². The fourth-order valence-electron chi connectivity index (χ4n) is 2.43. The van der Waals surface area contributed by atoms with Gasteiger partial charge in [0.25, 0.3) is 0 Å². The summed E-state index contributed by atoms with van der Waals surface area (Å²) in [4.78, 5) is 33.9. The first-order valence-corrected chi connectivity index (χ1v) is 7.39. The summed E-state index contributed by atoms with van der Waals surface area (Å²) in [5, 5.41) is 0. The molecule has 1 aromatic carbocycles. The second-order valence-corrected chi connectivity index (χ2v) is 5.27. The number of carbonyl (C=O) groups is 2. The second-order valence-electron chi connectivity index (χ2n) is 5.27. The molecule has 6 nitrogen and oxygen atoms in total. The molecule has 2 rings (SSSR count). The summed E-state index contributed by atoms with van der Waals surface area (Å²) >= 11 is 0. The van der Waals surface area contributed by atoms with E-state index in [4.69, 9.17) is 11.2 Å². The number of hydrogen-bond donors (Lipinski definition) is 0. The van der Waals surface area contributed by atoms with Crippen molar-refractivity contribution in [2.24, 2.45) is 5.92 Å². The molecular formula is C17H19NO5. The number of terminal acetylenes is 1. The molecule has 1 aliphatic heterocycles. The lowest BCUT2D eigenvalue weighted by atomic mass is 9.94. The SMILES string of the molecule is C#CCC1CCN(C(=O)Oc2ccc(C(=O)OOC)cc2)CC1. The quantitative estimate of drug-likeness (QED) is 0.485. The zero-order valence-corrected chi connectivity index (χ0v) is 13.0. The van der Waals surface area contributed by atoms with Crippen molar-refractivity contribution in [1.29, 1.82) is 0 Å². The van der Waals surface area contributed by atoms with Crippen molar-refractivity contribution in [3.8, 4) is 18.1 Å². The van der Waals surface area contributed by atoms with Gasteiger partial charge in [0.2, 0.25) is 0 Å². The number of likely N-dealkylation sites (tertiary alicyclic amines) is 1. The summed E-state index contributed by atoms with van der Waals surface area (Å²) in [7, 11) is 1.25. The number of nitrogens with zero attached hydrogens (tertiary/aromatic N) is 1. The second kappa shape index (κ2) is 8.20. The van der Waals surface area contributed by atoms with Crippen LogP contribution in [0.4, 0.5) is 4.79 Å². The van der Waals surface area contributed by atoms with Crippen LogP contribution in [-0.4, -0.2) is 37.2 Å². The molecule has 0 saturated carbocycles. The molecule has 0 bridgehead atoms. The predicted octanol–water partition coefficient (Wildman–Crippen LogP) is 2.64. The first kappa shape index (κ1) is 16.8. The lowest BCUT2D eigenvalue weighted by Gasteiger charge is -2.30. The minimum atomic E-state index is -0.610. The Labute approximate surface area is 135 Å². The van der Waals surface area contributed by atoms with E-state index in [1.807, 2.05) is 0 Å². The van der Waals surface area contributed by atoms with Crippen molar-refractivity contribution in [3.05, 3.63) is 29.8 Å². The largest absolute Gasteiger partial charge is 0.415 e. The van der Waals surface area contributed by atoms with Crippen LogP contribution in [0.25, 0.3) is 0 Å². The van der Waals surface area contributed by atoms with Crippen LogP contribution in [0.3, 0.4) is 0 Å². The highest BCUT2D eigenvalue weighted by atomic mass is 17.2. The summed E-state index contributed by atoms with van der Waals surface area (Å²) in [5.74, 6) is 2.90. The highest BCUT2D eigenvalue weighted by molar-refractivity contribution is 5.89. The fraction of sp³-hybridized carbons (Fsp3) is 0.412. The van der Waals surface area contributed by atoms with E-state index >= 15 is 0 Å². The van der Waals surface area contributed by atoms with Gasteiger partial charge in [0.05, 0.1) is 12.7 Å². The van der Waals surface area contributed by atoms with E-state index in [9.17, 15) is 9.59 Å². The normalized spacial score (nSPS) is 14.9. The summed E-state index contributed by atoms with van der Waals surface area (Å²) < 4.78 is 5.31. The van der Waals surface area contributed by atoms with Gasteiger partial charge in [-0.3, -0.25) is 4.89 Å². The average Bonchev–Trinajstić information content (AvgIpc) is 2.56. The van der Waals surface area contributed by atoms with E-state index in [0.717, 1.165) is 19.3 Å². The van der Waals surface area contributed by atoms with Gasteiger partial charge in [-0.15, -0.1) is 12.3 Å². The minimum absolute atomic E-state index is 0.307. The van der Waals surface area contributed by atoms with Crippen molar-refractivity contribution in [2.75, 3.05) is 20.2 Å². The van der Waals surface area contributed by atoms with E-state index in [1.165, 1.54) is 31.4 Å². The third-order valence-corrected chi connectivity index (χ3v) is 3.73. The van der Waals surface area contributed by atoms with Gasteiger partial charge < -0.3 is 9.64 Å². The first-order chi connectivity index (χ1) is 11.1. The molecule has 1 amide bonds. The maximum atomic E-state index is 12.1. The average molecular weight is 317 g/mol. The first-order valence-electron chi connectivity index (χ1n) is 7.39. The molecule has 1 aromatic rings. The number of benzene rings is 1. The van der Waals surface area contributed by atoms with E-state index in [1.54, 1.807) is 4.90 Å². The Kier molecular flexibility index (Phi) is 6.01. The molecule has 0 aliphatic carbocycles. The Balaban J connectivity index is 1.86. The van der Waals surface area contributed by atoms with Gasteiger partial charge in [0.1, 0.15) is 5.75 Å². The molecule has 0 unspecified atom stereocenters. The van der Waals surface area contributed by atoms with Crippen LogP contribution < -0.4 is 4.74 Å². The standard InChI is InChI=1S/C17H19NO5/c1-3-4-13-9-11-18(12-10-13)17(20)22-15-7-5-14(6-8-15)16(19)23-21-2/h1,5-8,13H,4,9-12H2,2H3. The Morgan fingerprint density at radius 1 is 1.26 bits per heavy atom. The number of ether oxygens (including phenoxy) is 1. The minimum Gasteiger partial charge on any atom is -0.410 e. The molecule has 1 heterocycles. The van der Waals surface area contributed by atoms with E-state index < -0.39 is 12.1 Å². The summed E-state index contributed by atoms with van der Waals surface area (Å²) in [6, 6.07) is 6.08.